The Bertz CT molecular complexity index is 693. The average molecular weight is 317 g/mol. The van der Waals surface area contributed by atoms with Crippen molar-refractivity contribution < 1.29 is 13.9 Å². The van der Waals surface area contributed by atoms with Crippen LogP contribution in [0.15, 0.2) is 30.5 Å². The number of halogens is 1. The number of benzene rings is 1. The molecule has 2 aromatic rings. The maximum Gasteiger partial charge on any atom is 0.254 e. The molecule has 1 atom stereocenters. The molecule has 1 N–H and O–H groups in total. The van der Waals surface area contributed by atoms with Crippen LogP contribution in [0.25, 0.3) is 0 Å². The van der Waals surface area contributed by atoms with E-state index in [1.165, 1.54) is 12.1 Å². The number of carbonyl (C=O) groups excluding carboxylic acids is 1. The molecule has 1 aromatic carbocycles. The number of nitrogens with zero attached hydrogens (tertiary/aromatic N) is 2. The molecule has 1 aliphatic heterocycles. The number of nitrogens with one attached hydrogen (secondary N) is 1. The molecule has 0 unspecified atom stereocenters. The van der Waals surface area contributed by atoms with E-state index in [9.17, 15) is 9.18 Å². The van der Waals surface area contributed by atoms with Gasteiger partial charge in [0.2, 0.25) is 0 Å². The van der Waals surface area contributed by atoms with Crippen LogP contribution >= 0.6 is 0 Å². The summed E-state index contributed by atoms with van der Waals surface area (Å²) in [6.07, 6.45) is 4.03. The second-order valence-electron chi connectivity index (χ2n) is 5.81. The standard InChI is InChI=1S/C17H20FN3O2/c1-12-10-19-21(11-13-5-4-6-14(18)9-13)16(12)20-17(22)15-7-2-3-8-23-15/h4-6,9-10,15H,2-3,7-8,11H2,1H3,(H,20,22)/t15-/m0/s1. The van der Waals surface area contributed by atoms with Crippen LogP contribution in [0.4, 0.5) is 10.2 Å². The van der Waals surface area contributed by atoms with E-state index >= 15 is 0 Å². The Hall–Kier alpha value is -2.21. The van der Waals surface area contributed by atoms with Gasteiger partial charge in [0.05, 0.1) is 12.7 Å². The third kappa shape index (κ3) is 3.76. The molecule has 0 bridgehead atoms. The van der Waals surface area contributed by atoms with Crippen LogP contribution in [0.1, 0.15) is 30.4 Å². The highest BCUT2D eigenvalue weighted by Crippen LogP contribution is 2.19. The van der Waals surface area contributed by atoms with Crippen molar-refractivity contribution in [1.82, 2.24) is 9.78 Å². The second kappa shape index (κ2) is 6.91. The van der Waals surface area contributed by atoms with Crippen LogP contribution in [0, 0.1) is 12.7 Å². The number of ether oxygens (including phenoxy) is 1. The van der Waals surface area contributed by atoms with E-state index in [0.717, 1.165) is 30.4 Å². The van der Waals surface area contributed by atoms with E-state index in [-0.39, 0.29) is 11.7 Å². The van der Waals surface area contributed by atoms with Gasteiger partial charge in [-0.05, 0) is 43.9 Å². The van der Waals surface area contributed by atoms with Gasteiger partial charge in [0, 0.05) is 12.2 Å². The number of anilines is 1. The maximum atomic E-state index is 13.3. The fraction of sp³-hybridized carbons (Fsp3) is 0.412. The summed E-state index contributed by atoms with van der Waals surface area (Å²) in [5.74, 6) is 0.204. The van der Waals surface area contributed by atoms with Crippen LogP contribution in [-0.2, 0) is 16.1 Å². The Morgan fingerprint density at radius 3 is 3.09 bits per heavy atom. The number of amides is 1. The molecule has 6 heteroatoms. The second-order valence-corrected chi connectivity index (χ2v) is 5.81. The van der Waals surface area contributed by atoms with Crippen molar-refractivity contribution in [3.8, 4) is 0 Å². The highest BCUT2D eigenvalue weighted by molar-refractivity contribution is 5.94. The average Bonchev–Trinajstić information content (AvgIpc) is 2.89. The minimum Gasteiger partial charge on any atom is -0.368 e. The summed E-state index contributed by atoms with van der Waals surface area (Å²) in [5.41, 5.74) is 1.66. The predicted octanol–water partition coefficient (Wildman–Crippen LogP) is 2.89. The zero-order chi connectivity index (χ0) is 16.2. The first kappa shape index (κ1) is 15.7. The van der Waals surface area contributed by atoms with Crippen LogP contribution in [-0.4, -0.2) is 28.4 Å². The minimum atomic E-state index is -0.402. The lowest BCUT2D eigenvalue weighted by molar-refractivity contribution is -0.130. The smallest absolute Gasteiger partial charge is 0.254 e. The Labute approximate surface area is 134 Å². The van der Waals surface area contributed by atoms with Gasteiger partial charge in [-0.1, -0.05) is 12.1 Å². The molecule has 122 valence electrons. The summed E-state index contributed by atoms with van der Waals surface area (Å²) in [6, 6.07) is 6.36. The monoisotopic (exact) mass is 317 g/mol. The van der Waals surface area contributed by atoms with Crippen LogP contribution in [0.5, 0.6) is 0 Å². The van der Waals surface area contributed by atoms with Gasteiger partial charge < -0.3 is 10.1 Å². The summed E-state index contributed by atoms with van der Waals surface area (Å²) >= 11 is 0. The molecule has 1 aliphatic rings. The number of rotatable bonds is 4. The molecular weight excluding hydrogens is 297 g/mol. The molecule has 1 fully saturated rings. The summed E-state index contributed by atoms with van der Waals surface area (Å²) < 4.78 is 20.5. The van der Waals surface area contributed by atoms with E-state index in [1.54, 1.807) is 16.9 Å². The largest absolute Gasteiger partial charge is 0.368 e. The van der Waals surface area contributed by atoms with Gasteiger partial charge in [0.1, 0.15) is 17.7 Å². The van der Waals surface area contributed by atoms with Gasteiger partial charge in [0.15, 0.2) is 0 Å². The number of hydrogen-bond acceptors (Lipinski definition) is 3. The summed E-state index contributed by atoms with van der Waals surface area (Å²) in [4.78, 5) is 12.3. The van der Waals surface area contributed by atoms with Gasteiger partial charge in [-0.2, -0.15) is 5.10 Å². The molecule has 0 radical (unpaired) electrons. The molecule has 3 rings (SSSR count). The van der Waals surface area contributed by atoms with Gasteiger partial charge in [-0.15, -0.1) is 0 Å². The molecule has 1 amide bonds. The van der Waals surface area contributed by atoms with Crippen molar-refractivity contribution in [2.24, 2.45) is 0 Å². The normalized spacial score (nSPS) is 17.9. The van der Waals surface area contributed by atoms with Crippen molar-refractivity contribution in [2.75, 3.05) is 11.9 Å². The lowest BCUT2D eigenvalue weighted by Crippen LogP contribution is -2.34. The summed E-state index contributed by atoms with van der Waals surface area (Å²) in [6.45, 7) is 2.90. The highest BCUT2D eigenvalue weighted by Gasteiger charge is 2.23. The third-order valence-electron chi connectivity index (χ3n) is 3.96. The van der Waals surface area contributed by atoms with Crippen molar-refractivity contribution in [2.45, 2.75) is 38.8 Å². The van der Waals surface area contributed by atoms with Gasteiger partial charge in [0.25, 0.3) is 5.91 Å². The van der Waals surface area contributed by atoms with Crippen molar-refractivity contribution in [1.29, 1.82) is 0 Å². The number of aromatic nitrogens is 2. The number of hydrogen-bond donors (Lipinski definition) is 1. The summed E-state index contributed by atoms with van der Waals surface area (Å²) in [5, 5.41) is 7.18. The van der Waals surface area contributed by atoms with E-state index in [0.29, 0.717) is 19.0 Å². The van der Waals surface area contributed by atoms with E-state index in [4.69, 9.17) is 4.74 Å². The van der Waals surface area contributed by atoms with Gasteiger partial charge >= 0.3 is 0 Å². The van der Waals surface area contributed by atoms with E-state index in [1.807, 2.05) is 13.0 Å². The van der Waals surface area contributed by atoms with E-state index in [2.05, 4.69) is 10.4 Å². The number of aryl methyl sites for hydroxylation is 1. The Morgan fingerprint density at radius 2 is 2.35 bits per heavy atom. The topological polar surface area (TPSA) is 56.2 Å². The highest BCUT2D eigenvalue weighted by atomic mass is 19.1. The van der Waals surface area contributed by atoms with Crippen molar-refractivity contribution >= 4 is 11.7 Å². The van der Waals surface area contributed by atoms with Gasteiger partial charge in [-0.3, -0.25) is 4.79 Å². The van der Waals surface area contributed by atoms with Crippen molar-refractivity contribution in [3.05, 3.63) is 47.4 Å². The van der Waals surface area contributed by atoms with Crippen LogP contribution in [0.2, 0.25) is 0 Å². The first-order valence-corrected chi connectivity index (χ1v) is 7.83. The molecule has 1 aromatic heterocycles. The molecule has 23 heavy (non-hydrogen) atoms. The molecule has 0 spiro atoms. The Balaban J connectivity index is 1.74. The minimum absolute atomic E-state index is 0.145. The van der Waals surface area contributed by atoms with E-state index < -0.39 is 6.10 Å². The lowest BCUT2D eigenvalue weighted by Gasteiger charge is -2.22. The third-order valence-corrected chi connectivity index (χ3v) is 3.96. The molecule has 0 aliphatic carbocycles. The van der Waals surface area contributed by atoms with Crippen LogP contribution in [0.3, 0.4) is 0 Å². The molecule has 2 heterocycles. The molecule has 0 saturated carbocycles. The SMILES string of the molecule is Cc1cnn(Cc2cccc(F)c2)c1NC(=O)[C@@H]1CCCCO1. The fourth-order valence-electron chi connectivity index (χ4n) is 2.71. The molecule has 1 saturated heterocycles. The first-order chi connectivity index (χ1) is 11.1. The maximum absolute atomic E-state index is 13.3. The van der Waals surface area contributed by atoms with Crippen molar-refractivity contribution in [3.63, 3.8) is 0 Å². The Morgan fingerprint density at radius 1 is 1.48 bits per heavy atom. The lowest BCUT2D eigenvalue weighted by atomic mass is 10.1. The molecule has 5 nitrogen and oxygen atoms in total. The zero-order valence-corrected chi connectivity index (χ0v) is 13.1. The Kier molecular flexibility index (Phi) is 4.71. The fourth-order valence-corrected chi connectivity index (χ4v) is 2.71. The molecular formula is C17H20FN3O2. The number of carbonyl (C=O) groups is 1. The van der Waals surface area contributed by atoms with Gasteiger partial charge in [-0.25, -0.2) is 9.07 Å². The van der Waals surface area contributed by atoms with Crippen LogP contribution < -0.4 is 5.32 Å². The predicted molar refractivity (Wildman–Crippen MR) is 84.7 cm³/mol. The quantitative estimate of drug-likeness (QED) is 0.943. The summed E-state index contributed by atoms with van der Waals surface area (Å²) in [7, 11) is 0. The zero-order valence-electron chi connectivity index (χ0n) is 13.1. The first-order valence-electron chi connectivity index (χ1n) is 7.83.